The molecular formula is C17H20N6OS. The van der Waals surface area contributed by atoms with Crippen molar-refractivity contribution in [2.45, 2.75) is 13.8 Å². The summed E-state index contributed by atoms with van der Waals surface area (Å²) in [7, 11) is 5.53. The van der Waals surface area contributed by atoms with Gasteiger partial charge in [-0.05, 0) is 31.4 Å². The van der Waals surface area contributed by atoms with Crippen molar-refractivity contribution in [3.8, 4) is 10.6 Å². The first-order chi connectivity index (χ1) is 11.9. The van der Waals surface area contributed by atoms with Crippen LogP contribution in [0.2, 0.25) is 0 Å². The SMILES string of the molecule is Cc1nc(N(C)C)nc(C)c1NC(=O)c1cc(-c2cccs2)nn1C. The van der Waals surface area contributed by atoms with E-state index in [4.69, 9.17) is 0 Å². The van der Waals surface area contributed by atoms with Crippen molar-refractivity contribution in [3.63, 3.8) is 0 Å². The van der Waals surface area contributed by atoms with E-state index in [1.54, 1.807) is 29.1 Å². The van der Waals surface area contributed by atoms with E-state index in [9.17, 15) is 4.79 Å². The molecule has 0 radical (unpaired) electrons. The molecule has 3 aromatic heterocycles. The molecule has 0 fully saturated rings. The number of aryl methyl sites for hydroxylation is 3. The second-order valence-electron chi connectivity index (χ2n) is 5.93. The van der Waals surface area contributed by atoms with Crippen LogP contribution in [-0.4, -0.2) is 39.8 Å². The van der Waals surface area contributed by atoms with Crippen molar-refractivity contribution < 1.29 is 4.79 Å². The molecule has 0 bridgehead atoms. The predicted molar refractivity (Wildman–Crippen MR) is 100 cm³/mol. The summed E-state index contributed by atoms with van der Waals surface area (Å²) in [5, 5.41) is 9.33. The van der Waals surface area contributed by atoms with Gasteiger partial charge in [-0.3, -0.25) is 9.48 Å². The quantitative estimate of drug-likeness (QED) is 0.778. The molecule has 0 saturated heterocycles. The Balaban J connectivity index is 1.88. The topological polar surface area (TPSA) is 75.9 Å². The highest BCUT2D eigenvalue weighted by Gasteiger charge is 2.18. The van der Waals surface area contributed by atoms with Gasteiger partial charge in [0.1, 0.15) is 11.4 Å². The van der Waals surface area contributed by atoms with E-state index >= 15 is 0 Å². The molecule has 0 spiro atoms. The monoisotopic (exact) mass is 356 g/mol. The lowest BCUT2D eigenvalue weighted by Crippen LogP contribution is -2.20. The van der Waals surface area contributed by atoms with Gasteiger partial charge in [0.15, 0.2) is 0 Å². The van der Waals surface area contributed by atoms with Crippen LogP contribution in [0.4, 0.5) is 11.6 Å². The minimum Gasteiger partial charge on any atom is -0.347 e. The summed E-state index contributed by atoms with van der Waals surface area (Å²) in [5.74, 6) is 0.388. The number of thiophene rings is 1. The average molecular weight is 356 g/mol. The molecule has 0 atom stereocenters. The van der Waals surface area contributed by atoms with Crippen LogP contribution in [0.3, 0.4) is 0 Å². The van der Waals surface area contributed by atoms with Crippen LogP contribution < -0.4 is 10.2 Å². The van der Waals surface area contributed by atoms with Gasteiger partial charge in [-0.15, -0.1) is 11.3 Å². The van der Waals surface area contributed by atoms with Crippen molar-refractivity contribution in [3.05, 3.63) is 40.7 Å². The molecule has 25 heavy (non-hydrogen) atoms. The van der Waals surface area contributed by atoms with Gasteiger partial charge in [0.25, 0.3) is 5.91 Å². The summed E-state index contributed by atoms with van der Waals surface area (Å²) in [6.07, 6.45) is 0. The fourth-order valence-electron chi connectivity index (χ4n) is 2.48. The molecule has 0 aliphatic heterocycles. The Labute approximate surface area is 150 Å². The van der Waals surface area contributed by atoms with Gasteiger partial charge >= 0.3 is 0 Å². The summed E-state index contributed by atoms with van der Waals surface area (Å²) < 4.78 is 1.59. The molecule has 0 unspecified atom stereocenters. The molecule has 0 aliphatic carbocycles. The van der Waals surface area contributed by atoms with Crippen LogP contribution in [0.25, 0.3) is 10.6 Å². The smallest absolute Gasteiger partial charge is 0.274 e. The number of nitrogens with zero attached hydrogens (tertiary/aromatic N) is 5. The van der Waals surface area contributed by atoms with Crippen LogP contribution >= 0.6 is 11.3 Å². The predicted octanol–water partition coefficient (Wildman–Crippen LogP) is 2.87. The molecule has 1 N–H and O–H groups in total. The second kappa shape index (κ2) is 6.64. The fourth-order valence-corrected chi connectivity index (χ4v) is 3.16. The molecule has 1 amide bonds. The Hall–Kier alpha value is -2.74. The highest BCUT2D eigenvalue weighted by molar-refractivity contribution is 7.13. The first-order valence-corrected chi connectivity index (χ1v) is 8.66. The number of aromatic nitrogens is 4. The lowest BCUT2D eigenvalue weighted by molar-refractivity contribution is 0.101. The van der Waals surface area contributed by atoms with Gasteiger partial charge in [-0.1, -0.05) is 6.07 Å². The number of carbonyl (C=O) groups is 1. The van der Waals surface area contributed by atoms with E-state index in [0.29, 0.717) is 17.3 Å². The van der Waals surface area contributed by atoms with E-state index in [1.807, 2.05) is 50.4 Å². The van der Waals surface area contributed by atoms with Crippen LogP contribution in [0.1, 0.15) is 21.9 Å². The average Bonchev–Trinajstić information content (AvgIpc) is 3.19. The van der Waals surface area contributed by atoms with Gasteiger partial charge in [-0.2, -0.15) is 5.10 Å². The summed E-state index contributed by atoms with van der Waals surface area (Å²) in [5.41, 5.74) is 3.36. The Morgan fingerprint density at radius 3 is 2.48 bits per heavy atom. The third-order valence-electron chi connectivity index (χ3n) is 3.78. The zero-order valence-corrected chi connectivity index (χ0v) is 15.7. The number of carbonyl (C=O) groups excluding carboxylic acids is 1. The first-order valence-electron chi connectivity index (χ1n) is 7.78. The van der Waals surface area contributed by atoms with Crippen LogP contribution in [0.5, 0.6) is 0 Å². The van der Waals surface area contributed by atoms with E-state index in [2.05, 4.69) is 20.4 Å². The van der Waals surface area contributed by atoms with Crippen molar-refractivity contribution in [1.29, 1.82) is 0 Å². The number of hydrogen-bond acceptors (Lipinski definition) is 6. The minimum atomic E-state index is -0.231. The van der Waals surface area contributed by atoms with Crippen LogP contribution in [0.15, 0.2) is 23.6 Å². The third-order valence-corrected chi connectivity index (χ3v) is 4.68. The van der Waals surface area contributed by atoms with E-state index in [0.717, 1.165) is 22.0 Å². The zero-order chi connectivity index (χ0) is 18.1. The van der Waals surface area contributed by atoms with Crippen LogP contribution in [0, 0.1) is 13.8 Å². The van der Waals surface area contributed by atoms with Gasteiger partial charge in [0.2, 0.25) is 5.95 Å². The lowest BCUT2D eigenvalue weighted by atomic mass is 10.2. The van der Waals surface area contributed by atoms with Crippen LogP contribution in [-0.2, 0) is 7.05 Å². The Bertz CT molecular complexity index is 890. The van der Waals surface area contributed by atoms with Gasteiger partial charge < -0.3 is 10.2 Å². The van der Waals surface area contributed by atoms with Crippen molar-refractivity contribution in [2.75, 3.05) is 24.3 Å². The summed E-state index contributed by atoms with van der Waals surface area (Å²) in [4.78, 5) is 24.4. The van der Waals surface area contributed by atoms with Gasteiger partial charge in [0, 0.05) is 21.1 Å². The Kier molecular flexibility index (Phi) is 4.54. The molecule has 3 heterocycles. The van der Waals surface area contributed by atoms with Gasteiger partial charge in [0.05, 0.1) is 22.0 Å². The molecule has 3 aromatic rings. The molecule has 7 nitrogen and oxygen atoms in total. The standard InChI is InChI=1S/C17H20N6OS/c1-10-15(11(2)19-17(18-10)22(3)4)20-16(24)13-9-12(21-23(13)5)14-7-6-8-25-14/h6-9H,1-5H3,(H,20,24). The maximum absolute atomic E-state index is 12.7. The second-order valence-corrected chi connectivity index (χ2v) is 6.88. The van der Waals surface area contributed by atoms with Gasteiger partial charge in [-0.25, -0.2) is 9.97 Å². The minimum absolute atomic E-state index is 0.231. The van der Waals surface area contributed by atoms with Crippen molar-refractivity contribution in [2.24, 2.45) is 7.05 Å². The maximum Gasteiger partial charge on any atom is 0.274 e. The zero-order valence-electron chi connectivity index (χ0n) is 14.9. The number of amides is 1. The first kappa shape index (κ1) is 17.1. The molecule has 3 rings (SSSR count). The van der Waals surface area contributed by atoms with E-state index in [1.165, 1.54) is 0 Å². The Morgan fingerprint density at radius 2 is 1.92 bits per heavy atom. The fraction of sp³-hybridized carbons (Fsp3) is 0.294. The summed E-state index contributed by atoms with van der Waals surface area (Å²) in [6.45, 7) is 3.72. The molecule has 0 aromatic carbocycles. The number of rotatable bonds is 4. The summed E-state index contributed by atoms with van der Waals surface area (Å²) >= 11 is 1.59. The molecular weight excluding hydrogens is 336 g/mol. The molecule has 0 saturated carbocycles. The summed E-state index contributed by atoms with van der Waals surface area (Å²) in [6, 6.07) is 5.74. The normalized spacial score (nSPS) is 10.8. The van der Waals surface area contributed by atoms with E-state index in [-0.39, 0.29) is 5.91 Å². The number of hydrogen-bond donors (Lipinski definition) is 1. The number of nitrogens with one attached hydrogen (secondary N) is 1. The Morgan fingerprint density at radius 1 is 1.24 bits per heavy atom. The van der Waals surface area contributed by atoms with E-state index < -0.39 is 0 Å². The third kappa shape index (κ3) is 3.39. The molecule has 0 aliphatic rings. The maximum atomic E-state index is 12.7. The number of anilines is 2. The molecule has 130 valence electrons. The van der Waals surface area contributed by atoms with Crippen molar-refractivity contribution >= 4 is 28.9 Å². The van der Waals surface area contributed by atoms with Crippen molar-refractivity contribution in [1.82, 2.24) is 19.7 Å². The molecule has 8 heteroatoms. The highest BCUT2D eigenvalue weighted by Crippen LogP contribution is 2.25. The highest BCUT2D eigenvalue weighted by atomic mass is 32.1. The largest absolute Gasteiger partial charge is 0.347 e. The lowest BCUT2D eigenvalue weighted by Gasteiger charge is -2.15.